The van der Waals surface area contributed by atoms with Gasteiger partial charge in [-0.3, -0.25) is 5.73 Å². The Hall–Kier alpha value is -1.93. The third kappa shape index (κ3) is 2.59. The first-order valence-electron chi connectivity index (χ1n) is 6.25. The van der Waals surface area contributed by atoms with Crippen LogP contribution in [0.25, 0.3) is 11.1 Å². The maximum Gasteiger partial charge on any atom is 0.316 e. The molecule has 1 aliphatic heterocycles. The molecular formula is C13H12Cl2N6O. The van der Waals surface area contributed by atoms with E-state index < -0.39 is 5.79 Å². The first kappa shape index (κ1) is 15.0. The van der Waals surface area contributed by atoms with E-state index in [1.165, 1.54) is 13.4 Å². The topological polar surface area (TPSA) is 97.5 Å². The molecular weight excluding hydrogens is 327 g/mol. The molecule has 0 fully saturated rings. The van der Waals surface area contributed by atoms with E-state index in [1.54, 1.807) is 24.5 Å². The summed E-state index contributed by atoms with van der Waals surface area (Å²) >= 11 is 12.7. The minimum Gasteiger partial charge on any atom is -0.467 e. The molecule has 0 spiro atoms. The normalized spacial score (nSPS) is 20.0. The lowest BCUT2D eigenvalue weighted by Crippen LogP contribution is -2.49. The number of methoxy groups -OCH3 is 1. The largest absolute Gasteiger partial charge is 0.467 e. The molecule has 0 radical (unpaired) electrons. The van der Waals surface area contributed by atoms with Gasteiger partial charge in [-0.15, -0.1) is 0 Å². The van der Waals surface area contributed by atoms with Crippen LogP contribution in [0.3, 0.4) is 0 Å². The molecule has 1 aromatic heterocycles. The van der Waals surface area contributed by atoms with Gasteiger partial charge in [0.25, 0.3) is 0 Å². The number of rotatable bonds is 3. The summed E-state index contributed by atoms with van der Waals surface area (Å²) in [5.41, 5.74) is 13.6. The Morgan fingerprint density at radius 2 is 1.82 bits per heavy atom. The van der Waals surface area contributed by atoms with Crippen LogP contribution in [0.15, 0.2) is 29.5 Å². The molecule has 0 aliphatic carbocycles. The van der Waals surface area contributed by atoms with Gasteiger partial charge in [-0.05, 0) is 12.1 Å². The Labute approximate surface area is 136 Å². The van der Waals surface area contributed by atoms with E-state index in [2.05, 4.69) is 25.8 Å². The maximum atomic E-state index is 6.36. The predicted molar refractivity (Wildman–Crippen MR) is 84.7 cm³/mol. The summed E-state index contributed by atoms with van der Waals surface area (Å²) in [6, 6.07) is 3.67. The van der Waals surface area contributed by atoms with Crippen LogP contribution in [-0.2, 0) is 5.79 Å². The Morgan fingerprint density at radius 1 is 1.18 bits per heavy atom. The fourth-order valence-corrected chi connectivity index (χ4v) is 2.78. The summed E-state index contributed by atoms with van der Waals surface area (Å²) in [6.45, 7) is 0. The predicted octanol–water partition coefficient (Wildman–Crippen LogP) is 1.66. The van der Waals surface area contributed by atoms with Gasteiger partial charge < -0.3 is 10.2 Å². The molecule has 0 bridgehead atoms. The Morgan fingerprint density at radius 3 is 2.32 bits per heavy atom. The van der Waals surface area contributed by atoms with Gasteiger partial charge in [-0.1, -0.05) is 23.2 Å². The van der Waals surface area contributed by atoms with Crippen molar-refractivity contribution in [3.05, 3.63) is 40.1 Å². The third-order valence-electron chi connectivity index (χ3n) is 3.18. The van der Waals surface area contributed by atoms with Crippen molar-refractivity contribution in [2.24, 2.45) is 10.7 Å². The molecule has 2 heterocycles. The second-order valence-electron chi connectivity index (χ2n) is 4.57. The molecule has 0 saturated carbocycles. The molecule has 2 aromatic rings. The van der Waals surface area contributed by atoms with E-state index in [4.69, 9.17) is 33.7 Å². The van der Waals surface area contributed by atoms with Crippen LogP contribution in [0.2, 0.25) is 10.0 Å². The van der Waals surface area contributed by atoms with Gasteiger partial charge in [0.1, 0.15) is 6.34 Å². The number of aromatic nitrogens is 2. The van der Waals surface area contributed by atoms with Crippen molar-refractivity contribution >= 4 is 29.5 Å². The summed E-state index contributed by atoms with van der Waals surface area (Å²) < 4.78 is 4.93. The summed E-state index contributed by atoms with van der Waals surface area (Å²) in [4.78, 5) is 12.2. The first-order chi connectivity index (χ1) is 10.5. The molecule has 7 nitrogen and oxygen atoms in total. The number of aliphatic imine (C=N–C) groups is 1. The molecule has 22 heavy (non-hydrogen) atoms. The molecule has 1 aromatic carbocycles. The van der Waals surface area contributed by atoms with Gasteiger partial charge in [0.05, 0.1) is 17.2 Å². The Balaban J connectivity index is 2.04. The van der Waals surface area contributed by atoms with Crippen LogP contribution < -0.4 is 21.3 Å². The van der Waals surface area contributed by atoms with Gasteiger partial charge in [0.15, 0.2) is 0 Å². The fourth-order valence-electron chi connectivity index (χ4n) is 2.08. The highest BCUT2D eigenvalue weighted by Crippen LogP contribution is 2.37. The molecule has 4 N–H and O–H groups in total. The average molecular weight is 339 g/mol. The van der Waals surface area contributed by atoms with Gasteiger partial charge in [-0.2, -0.15) is 5.43 Å². The number of hydrazine groups is 1. The van der Waals surface area contributed by atoms with E-state index in [9.17, 15) is 0 Å². The van der Waals surface area contributed by atoms with E-state index in [0.29, 0.717) is 26.7 Å². The average Bonchev–Trinajstić information content (AvgIpc) is 2.95. The quantitative estimate of drug-likeness (QED) is 0.787. The molecule has 1 unspecified atom stereocenters. The number of benzene rings is 1. The minimum absolute atomic E-state index is 0.268. The molecule has 0 saturated heterocycles. The van der Waals surface area contributed by atoms with Crippen LogP contribution in [-0.4, -0.2) is 23.4 Å². The number of hydrogen-bond donors (Lipinski definition) is 3. The lowest BCUT2D eigenvalue weighted by atomic mass is 10.0. The van der Waals surface area contributed by atoms with Crippen molar-refractivity contribution in [1.29, 1.82) is 0 Å². The zero-order chi connectivity index (χ0) is 15.7. The van der Waals surface area contributed by atoms with Crippen LogP contribution in [0.5, 0.6) is 6.01 Å². The highest BCUT2D eigenvalue weighted by molar-refractivity contribution is 6.39. The van der Waals surface area contributed by atoms with Crippen molar-refractivity contribution in [2.75, 3.05) is 7.11 Å². The van der Waals surface area contributed by atoms with Crippen molar-refractivity contribution in [3.8, 4) is 17.1 Å². The number of nitrogens with zero attached hydrogens (tertiary/aromatic N) is 3. The van der Waals surface area contributed by atoms with Crippen LogP contribution in [0.4, 0.5) is 0 Å². The van der Waals surface area contributed by atoms with Gasteiger partial charge in [0, 0.05) is 29.1 Å². The number of halogens is 2. The lowest BCUT2D eigenvalue weighted by Gasteiger charge is -2.22. The highest BCUT2D eigenvalue weighted by atomic mass is 35.5. The van der Waals surface area contributed by atoms with Crippen molar-refractivity contribution in [1.82, 2.24) is 20.8 Å². The van der Waals surface area contributed by atoms with Gasteiger partial charge in [0.2, 0.25) is 5.79 Å². The Kier molecular flexibility index (Phi) is 3.88. The van der Waals surface area contributed by atoms with Gasteiger partial charge in [-0.25, -0.2) is 15.0 Å². The van der Waals surface area contributed by atoms with Crippen molar-refractivity contribution in [3.63, 3.8) is 0 Å². The maximum absolute atomic E-state index is 6.36. The fraction of sp³-hybridized carbons (Fsp3) is 0.154. The third-order valence-corrected chi connectivity index (χ3v) is 3.77. The monoisotopic (exact) mass is 338 g/mol. The summed E-state index contributed by atoms with van der Waals surface area (Å²) in [7, 11) is 1.49. The van der Waals surface area contributed by atoms with Crippen molar-refractivity contribution in [2.45, 2.75) is 5.79 Å². The van der Waals surface area contributed by atoms with Crippen LogP contribution in [0, 0.1) is 0 Å². The minimum atomic E-state index is -1.11. The van der Waals surface area contributed by atoms with Crippen LogP contribution >= 0.6 is 23.2 Å². The smallest absolute Gasteiger partial charge is 0.316 e. The lowest BCUT2D eigenvalue weighted by molar-refractivity contribution is 0.375. The first-order valence-corrected chi connectivity index (χ1v) is 7.00. The molecule has 114 valence electrons. The zero-order valence-electron chi connectivity index (χ0n) is 11.5. The van der Waals surface area contributed by atoms with Crippen molar-refractivity contribution < 1.29 is 4.74 Å². The highest BCUT2D eigenvalue weighted by Gasteiger charge is 2.30. The number of hydrogen-bond acceptors (Lipinski definition) is 7. The van der Waals surface area contributed by atoms with Gasteiger partial charge >= 0.3 is 6.01 Å². The Bertz CT molecular complexity index is 713. The summed E-state index contributed by atoms with van der Waals surface area (Å²) in [5, 5.41) is 0.843. The van der Waals surface area contributed by atoms with E-state index in [-0.39, 0.29) is 6.01 Å². The van der Waals surface area contributed by atoms with E-state index in [1.807, 2.05) is 0 Å². The summed E-state index contributed by atoms with van der Waals surface area (Å²) in [6.07, 6.45) is 4.64. The van der Waals surface area contributed by atoms with E-state index in [0.717, 1.165) is 0 Å². The number of ether oxygens (including phenoxy) is 1. The van der Waals surface area contributed by atoms with E-state index >= 15 is 0 Å². The molecule has 1 aliphatic rings. The summed E-state index contributed by atoms with van der Waals surface area (Å²) in [5.74, 6) is -1.11. The standard InChI is InChI=1S/C13H12Cl2N6O/c1-22-12-17-4-7(5-18-12)11-9(14)2-8(3-10(11)15)13(16)19-6-20-21-13/h2-6,21H,16H2,1H3,(H,19,20). The second kappa shape index (κ2) is 5.69. The SMILES string of the molecule is COc1ncc(-c2c(Cl)cc(C3(N)N=CNN3)cc2Cl)cn1. The number of nitrogens with two attached hydrogens (primary N) is 1. The molecule has 3 rings (SSSR count). The molecule has 0 amide bonds. The number of nitrogens with one attached hydrogen (secondary N) is 2. The zero-order valence-corrected chi connectivity index (χ0v) is 13.0. The second-order valence-corrected chi connectivity index (χ2v) is 5.38. The van der Waals surface area contributed by atoms with Crippen LogP contribution in [0.1, 0.15) is 5.56 Å². The molecule has 1 atom stereocenters. The molecule has 9 heteroatoms.